The molecule has 0 aromatic heterocycles. The molecule has 0 amide bonds. The molecule has 3 nitrogen and oxygen atoms in total. The maximum Gasteiger partial charge on any atom is 0.306 e. The van der Waals surface area contributed by atoms with Gasteiger partial charge in [-0.25, -0.2) is 0 Å². The van der Waals surface area contributed by atoms with Crippen LogP contribution in [0.15, 0.2) is 24.3 Å². The molecule has 0 fully saturated rings. The lowest BCUT2D eigenvalue weighted by Crippen LogP contribution is -2.18. The van der Waals surface area contributed by atoms with Gasteiger partial charge in [0, 0.05) is 18.2 Å². The van der Waals surface area contributed by atoms with E-state index in [9.17, 15) is 9.90 Å². The molecule has 0 bridgehead atoms. The molecule has 1 atom stereocenters. The summed E-state index contributed by atoms with van der Waals surface area (Å²) < 4.78 is 5.43. The van der Waals surface area contributed by atoms with E-state index in [0.717, 1.165) is 18.4 Å². The maximum absolute atomic E-state index is 11.2. The molecule has 1 aromatic carbocycles. The summed E-state index contributed by atoms with van der Waals surface area (Å²) in [6.45, 7) is 3.31. The number of halogens is 1. The van der Waals surface area contributed by atoms with Crippen LogP contribution < -0.4 is 0 Å². The summed E-state index contributed by atoms with van der Waals surface area (Å²) in [7, 11) is 0. The summed E-state index contributed by atoms with van der Waals surface area (Å²) in [5, 5.41) is 9.86. The van der Waals surface area contributed by atoms with Crippen molar-refractivity contribution >= 4 is 17.6 Å². The van der Waals surface area contributed by atoms with E-state index in [1.165, 1.54) is 0 Å². The normalized spacial score (nSPS) is 12.3. The van der Waals surface area contributed by atoms with Gasteiger partial charge in [0.25, 0.3) is 0 Å². The zero-order valence-electron chi connectivity index (χ0n) is 11.3. The zero-order chi connectivity index (χ0) is 14.1. The average Bonchev–Trinajstić information content (AvgIpc) is 2.37. The molecule has 0 saturated heterocycles. The smallest absolute Gasteiger partial charge is 0.306 e. The minimum absolute atomic E-state index is 0.417. The highest BCUT2D eigenvalue weighted by atomic mass is 35.5. The SMILES string of the molecule is CCCCOCCC(Cc1cccc(Cl)c1)C(=O)O. The van der Waals surface area contributed by atoms with E-state index in [1.54, 1.807) is 6.07 Å². The third-order valence-corrected chi connectivity index (χ3v) is 3.21. The molecule has 1 aromatic rings. The first-order chi connectivity index (χ1) is 9.13. The van der Waals surface area contributed by atoms with Crippen LogP contribution in [0.4, 0.5) is 0 Å². The number of aliphatic carboxylic acids is 1. The monoisotopic (exact) mass is 284 g/mol. The zero-order valence-corrected chi connectivity index (χ0v) is 12.0. The fourth-order valence-corrected chi connectivity index (χ4v) is 2.05. The van der Waals surface area contributed by atoms with E-state index in [0.29, 0.717) is 31.1 Å². The number of rotatable bonds is 9. The standard InChI is InChI=1S/C15H21ClO3/c1-2-3-8-19-9-7-13(15(17)18)10-12-5-4-6-14(16)11-12/h4-6,11,13H,2-3,7-10H2,1H3,(H,17,18). The second-order valence-electron chi connectivity index (χ2n) is 4.62. The van der Waals surface area contributed by atoms with Crippen molar-refractivity contribution in [1.82, 2.24) is 0 Å². The fraction of sp³-hybridized carbons (Fsp3) is 0.533. The van der Waals surface area contributed by atoms with E-state index in [1.807, 2.05) is 18.2 Å². The highest BCUT2D eigenvalue weighted by molar-refractivity contribution is 6.30. The fourth-order valence-electron chi connectivity index (χ4n) is 1.84. The maximum atomic E-state index is 11.2. The first kappa shape index (κ1) is 16.0. The van der Waals surface area contributed by atoms with Crippen molar-refractivity contribution in [3.63, 3.8) is 0 Å². The number of carbonyl (C=O) groups is 1. The van der Waals surface area contributed by atoms with Gasteiger partial charge in [0.15, 0.2) is 0 Å². The summed E-state index contributed by atoms with van der Waals surface area (Å²) >= 11 is 5.90. The van der Waals surface area contributed by atoms with Gasteiger partial charge in [0.1, 0.15) is 0 Å². The van der Waals surface area contributed by atoms with Crippen LogP contribution in [0.5, 0.6) is 0 Å². The lowest BCUT2D eigenvalue weighted by atomic mass is 9.97. The van der Waals surface area contributed by atoms with E-state index in [2.05, 4.69) is 6.92 Å². The molecule has 0 spiro atoms. The topological polar surface area (TPSA) is 46.5 Å². The van der Waals surface area contributed by atoms with Gasteiger partial charge in [-0.1, -0.05) is 37.1 Å². The molecule has 0 aliphatic carbocycles. The van der Waals surface area contributed by atoms with Gasteiger partial charge in [-0.3, -0.25) is 4.79 Å². The minimum atomic E-state index is -0.779. The Labute approximate surface area is 119 Å². The molecule has 0 radical (unpaired) electrons. The number of hydrogen-bond acceptors (Lipinski definition) is 2. The second-order valence-corrected chi connectivity index (χ2v) is 5.06. The molecular formula is C15H21ClO3. The molecule has 4 heteroatoms. The van der Waals surface area contributed by atoms with Crippen LogP contribution in [-0.4, -0.2) is 24.3 Å². The lowest BCUT2D eigenvalue weighted by Gasteiger charge is -2.12. The van der Waals surface area contributed by atoms with Crippen molar-refractivity contribution in [2.24, 2.45) is 5.92 Å². The largest absolute Gasteiger partial charge is 0.481 e. The van der Waals surface area contributed by atoms with Crippen LogP contribution in [-0.2, 0) is 16.0 Å². The third kappa shape index (κ3) is 6.60. The Bertz CT molecular complexity index is 393. The van der Waals surface area contributed by atoms with Crippen molar-refractivity contribution in [2.45, 2.75) is 32.6 Å². The Morgan fingerprint density at radius 3 is 2.84 bits per heavy atom. The van der Waals surface area contributed by atoms with Gasteiger partial charge in [-0.15, -0.1) is 0 Å². The van der Waals surface area contributed by atoms with Gasteiger partial charge in [-0.2, -0.15) is 0 Å². The van der Waals surface area contributed by atoms with Gasteiger partial charge >= 0.3 is 5.97 Å². The average molecular weight is 285 g/mol. The first-order valence-corrected chi connectivity index (χ1v) is 7.06. The summed E-state index contributed by atoms with van der Waals surface area (Å²) in [6, 6.07) is 7.35. The number of ether oxygens (including phenoxy) is 1. The van der Waals surface area contributed by atoms with Crippen LogP contribution in [0.1, 0.15) is 31.7 Å². The van der Waals surface area contributed by atoms with E-state index in [4.69, 9.17) is 16.3 Å². The van der Waals surface area contributed by atoms with Crippen LogP contribution in [0.2, 0.25) is 5.02 Å². The van der Waals surface area contributed by atoms with Crippen molar-refractivity contribution < 1.29 is 14.6 Å². The summed E-state index contributed by atoms with van der Waals surface area (Å²) in [5.74, 6) is -1.20. The molecule has 0 aliphatic heterocycles. The summed E-state index contributed by atoms with van der Waals surface area (Å²) in [5.41, 5.74) is 0.952. The molecule has 106 valence electrons. The van der Waals surface area contributed by atoms with Crippen LogP contribution >= 0.6 is 11.6 Å². The Morgan fingerprint density at radius 2 is 2.21 bits per heavy atom. The molecule has 0 aliphatic rings. The van der Waals surface area contributed by atoms with E-state index >= 15 is 0 Å². The van der Waals surface area contributed by atoms with Gasteiger partial charge in [-0.05, 0) is 37.0 Å². The Morgan fingerprint density at radius 1 is 1.42 bits per heavy atom. The van der Waals surface area contributed by atoms with Crippen LogP contribution in [0.25, 0.3) is 0 Å². The predicted molar refractivity (Wildman–Crippen MR) is 76.6 cm³/mol. The van der Waals surface area contributed by atoms with E-state index < -0.39 is 11.9 Å². The quantitative estimate of drug-likeness (QED) is 0.702. The second kappa shape index (κ2) is 8.94. The lowest BCUT2D eigenvalue weighted by molar-refractivity contribution is -0.142. The van der Waals surface area contributed by atoms with E-state index in [-0.39, 0.29) is 0 Å². The molecule has 1 unspecified atom stereocenters. The number of carboxylic acids is 1. The molecule has 0 heterocycles. The number of unbranched alkanes of at least 4 members (excludes halogenated alkanes) is 1. The van der Waals surface area contributed by atoms with Gasteiger partial charge < -0.3 is 9.84 Å². The van der Waals surface area contributed by atoms with Crippen LogP contribution in [0.3, 0.4) is 0 Å². The highest BCUT2D eigenvalue weighted by Crippen LogP contribution is 2.17. The number of benzene rings is 1. The molecule has 19 heavy (non-hydrogen) atoms. The Hall–Kier alpha value is -1.06. The summed E-state index contributed by atoms with van der Waals surface area (Å²) in [4.78, 5) is 11.2. The van der Waals surface area contributed by atoms with Gasteiger partial charge in [0.2, 0.25) is 0 Å². The predicted octanol–water partition coefficient (Wildman–Crippen LogP) is 3.79. The van der Waals surface area contributed by atoms with Crippen molar-refractivity contribution in [1.29, 1.82) is 0 Å². The Kier molecular flexibility index (Phi) is 7.53. The van der Waals surface area contributed by atoms with Crippen molar-refractivity contribution in [2.75, 3.05) is 13.2 Å². The molecular weight excluding hydrogens is 264 g/mol. The highest BCUT2D eigenvalue weighted by Gasteiger charge is 2.17. The third-order valence-electron chi connectivity index (χ3n) is 2.97. The number of hydrogen-bond donors (Lipinski definition) is 1. The first-order valence-electron chi connectivity index (χ1n) is 6.68. The van der Waals surface area contributed by atoms with Crippen LogP contribution in [0, 0.1) is 5.92 Å². The van der Waals surface area contributed by atoms with Crippen molar-refractivity contribution in [3.05, 3.63) is 34.9 Å². The molecule has 1 rings (SSSR count). The minimum Gasteiger partial charge on any atom is -0.481 e. The van der Waals surface area contributed by atoms with Crippen molar-refractivity contribution in [3.8, 4) is 0 Å². The Balaban J connectivity index is 2.42. The van der Waals surface area contributed by atoms with Gasteiger partial charge in [0.05, 0.1) is 5.92 Å². The summed E-state index contributed by atoms with van der Waals surface area (Å²) in [6.07, 6.45) is 3.13. The number of carboxylic acid groups (broad SMARTS) is 1. The molecule has 1 N–H and O–H groups in total. The molecule has 0 saturated carbocycles.